The molecule has 1 unspecified atom stereocenters. The molecule has 0 saturated carbocycles. The van der Waals surface area contributed by atoms with Crippen molar-refractivity contribution >= 4 is 11.6 Å². The van der Waals surface area contributed by atoms with Gasteiger partial charge in [-0.2, -0.15) is 5.10 Å². The van der Waals surface area contributed by atoms with E-state index in [0.29, 0.717) is 0 Å². The average molecular weight is 283 g/mol. The van der Waals surface area contributed by atoms with Crippen LogP contribution in [0.3, 0.4) is 0 Å². The van der Waals surface area contributed by atoms with E-state index < -0.39 is 0 Å². The van der Waals surface area contributed by atoms with Gasteiger partial charge in [-0.25, -0.2) is 4.68 Å². The van der Waals surface area contributed by atoms with Crippen LogP contribution in [-0.4, -0.2) is 9.78 Å². The third-order valence-corrected chi connectivity index (χ3v) is 3.86. The van der Waals surface area contributed by atoms with E-state index in [9.17, 15) is 0 Å². The van der Waals surface area contributed by atoms with E-state index in [1.807, 2.05) is 59.5 Å². The van der Waals surface area contributed by atoms with E-state index in [1.165, 1.54) is 5.56 Å². The maximum Gasteiger partial charge on any atom is 0.0868 e. The molecule has 0 N–H and O–H groups in total. The molecule has 1 aromatic heterocycles. The fraction of sp³-hybridized carbons (Fsp3) is 0.118. The highest BCUT2D eigenvalue weighted by molar-refractivity contribution is 6.22. The molecule has 20 heavy (non-hydrogen) atoms. The Morgan fingerprint density at radius 1 is 1.00 bits per heavy atom. The summed E-state index contributed by atoms with van der Waals surface area (Å²) in [6.07, 6.45) is 3.82. The van der Waals surface area contributed by atoms with Crippen molar-refractivity contribution in [3.8, 4) is 5.69 Å². The van der Waals surface area contributed by atoms with Gasteiger partial charge >= 0.3 is 0 Å². The number of benzene rings is 2. The first kappa shape index (κ1) is 12.9. The van der Waals surface area contributed by atoms with Crippen molar-refractivity contribution in [1.29, 1.82) is 0 Å². The standard InChI is InChI=1S/C17H15ClN2/c1-13-7-5-6-10-16(13)17(18)14-11-19-20(12-14)15-8-3-2-4-9-15/h2-12,17H,1H3. The molecule has 0 radical (unpaired) electrons. The molecule has 0 fully saturated rings. The lowest BCUT2D eigenvalue weighted by molar-refractivity contribution is 0.880. The maximum atomic E-state index is 6.58. The number of alkyl halides is 1. The average Bonchev–Trinajstić information content (AvgIpc) is 2.98. The first-order chi connectivity index (χ1) is 9.75. The lowest BCUT2D eigenvalue weighted by atomic mass is 10.0. The van der Waals surface area contributed by atoms with Crippen molar-refractivity contribution in [3.05, 3.63) is 83.7 Å². The zero-order valence-electron chi connectivity index (χ0n) is 11.2. The predicted octanol–water partition coefficient (Wildman–Crippen LogP) is 4.51. The van der Waals surface area contributed by atoms with Gasteiger partial charge in [0.2, 0.25) is 0 Å². The van der Waals surface area contributed by atoms with Gasteiger partial charge in [0.1, 0.15) is 0 Å². The lowest BCUT2D eigenvalue weighted by Crippen LogP contribution is -1.95. The summed E-state index contributed by atoms with van der Waals surface area (Å²) in [5.41, 5.74) is 4.36. The molecular weight excluding hydrogens is 268 g/mol. The minimum Gasteiger partial charge on any atom is -0.241 e. The molecular formula is C17H15ClN2. The summed E-state index contributed by atoms with van der Waals surface area (Å²) in [4.78, 5) is 0. The maximum absolute atomic E-state index is 6.58. The molecule has 2 nitrogen and oxygen atoms in total. The van der Waals surface area contributed by atoms with Gasteiger partial charge in [-0.05, 0) is 30.2 Å². The first-order valence-electron chi connectivity index (χ1n) is 6.55. The van der Waals surface area contributed by atoms with Crippen LogP contribution in [0.1, 0.15) is 22.1 Å². The van der Waals surface area contributed by atoms with Gasteiger partial charge in [0.05, 0.1) is 17.3 Å². The number of aromatic nitrogens is 2. The molecule has 0 aliphatic carbocycles. The van der Waals surface area contributed by atoms with Crippen molar-refractivity contribution < 1.29 is 0 Å². The second-order valence-electron chi connectivity index (χ2n) is 4.77. The molecule has 2 aromatic carbocycles. The molecule has 1 atom stereocenters. The SMILES string of the molecule is Cc1ccccc1C(Cl)c1cnn(-c2ccccc2)c1. The van der Waals surface area contributed by atoms with Gasteiger partial charge in [-0.15, -0.1) is 11.6 Å². The Morgan fingerprint density at radius 2 is 1.70 bits per heavy atom. The quantitative estimate of drug-likeness (QED) is 0.646. The van der Waals surface area contributed by atoms with E-state index >= 15 is 0 Å². The van der Waals surface area contributed by atoms with E-state index in [4.69, 9.17) is 11.6 Å². The van der Waals surface area contributed by atoms with E-state index in [2.05, 4.69) is 24.2 Å². The van der Waals surface area contributed by atoms with Crippen molar-refractivity contribution in [2.24, 2.45) is 0 Å². The van der Waals surface area contributed by atoms with E-state index in [-0.39, 0.29) is 5.38 Å². The summed E-state index contributed by atoms with van der Waals surface area (Å²) in [7, 11) is 0. The molecule has 0 bridgehead atoms. The highest BCUT2D eigenvalue weighted by atomic mass is 35.5. The highest BCUT2D eigenvalue weighted by Gasteiger charge is 2.15. The lowest BCUT2D eigenvalue weighted by Gasteiger charge is -2.10. The van der Waals surface area contributed by atoms with Gasteiger partial charge in [0.25, 0.3) is 0 Å². The van der Waals surface area contributed by atoms with E-state index in [0.717, 1.165) is 16.8 Å². The molecule has 100 valence electrons. The number of rotatable bonds is 3. The van der Waals surface area contributed by atoms with Crippen molar-refractivity contribution in [2.45, 2.75) is 12.3 Å². The largest absolute Gasteiger partial charge is 0.241 e. The Bertz CT molecular complexity index is 704. The minimum absolute atomic E-state index is 0.173. The molecule has 0 amide bonds. The van der Waals surface area contributed by atoms with Crippen LogP contribution in [0.4, 0.5) is 0 Å². The predicted molar refractivity (Wildman–Crippen MR) is 82.4 cm³/mol. The number of para-hydroxylation sites is 1. The van der Waals surface area contributed by atoms with Gasteiger partial charge in [0, 0.05) is 11.8 Å². The Labute approximate surface area is 123 Å². The summed E-state index contributed by atoms with van der Waals surface area (Å²) in [6, 6.07) is 18.2. The number of hydrogen-bond acceptors (Lipinski definition) is 1. The minimum atomic E-state index is -0.173. The van der Waals surface area contributed by atoms with Gasteiger partial charge < -0.3 is 0 Å². The third-order valence-electron chi connectivity index (χ3n) is 3.38. The zero-order valence-corrected chi connectivity index (χ0v) is 12.0. The smallest absolute Gasteiger partial charge is 0.0868 e. The normalized spacial score (nSPS) is 12.3. The monoisotopic (exact) mass is 282 g/mol. The molecule has 3 heteroatoms. The van der Waals surface area contributed by atoms with Gasteiger partial charge in [0.15, 0.2) is 0 Å². The molecule has 0 saturated heterocycles. The summed E-state index contributed by atoms with van der Waals surface area (Å²) >= 11 is 6.58. The van der Waals surface area contributed by atoms with Crippen molar-refractivity contribution in [1.82, 2.24) is 9.78 Å². The van der Waals surface area contributed by atoms with Crippen LogP contribution in [0.25, 0.3) is 5.69 Å². The molecule has 0 aliphatic heterocycles. The molecule has 1 heterocycles. The Balaban J connectivity index is 1.93. The Morgan fingerprint density at radius 3 is 2.45 bits per heavy atom. The number of aryl methyl sites for hydroxylation is 1. The second kappa shape index (κ2) is 5.51. The number of nitrogens with zero attached hydrogens (tertiary/aromatic N) is 2. The summed E-state index contributed by atoms with van der Waals surface area (Å²) in [6.45, 7) is 2.08. The van der Waals surface area contributed by atoms with Crippen LogP contribution in [0.15, 0.2) is 67.0 Å². The Hall–Kier alpha value is -2.06. The molecule has 3 aromatic rings. The zero-order chi connectivity index (χ0) is 13.9. The summed E-state index contributed by atoms with van der Waals surface area (Å²) in [5.74, 6) is 0. The number of halogens is 1. The number of hydrogen-bond donors (Lipinski definition) is 0. The molecule has 0 aliphatic rings. The molecule has 0 spiro atoms. The topological polar surface area (TPSA) is 17.8 Å². The fourth-order valence-corrected chi connectivity index (χ4v) is 2.60. The van der Waals surface area contributed by atoms with Crippen LogP contribution >= 0.6 is 11.6 Å². The van der Waals surface area contributed by atoms with Crippen LogP contribution in [0.5, 0.6) is 0 Å². The van der Waals surface area contributed by atoms with Crippen molar-refractivity contribution in [2.75, 3.05) is 0 Å². The van der Waals surface area contributed by atoms with Crippen LogP contribution in [-0.2, 0) is 0 Å². The summed E-state index contributed by atoms with van der Waals surface area (Å²) < 4.78 is 1.85. The van der Waals surface area contributed by atoms with E-state index in [1.54, 1.807) is 0 Å². The Kier molecular flexibility index (Phi) is 3.57. The van der Waals surface area contributed by atoms with Crippen LogP contribution in [0.2, 0.25) is 0 Å². The van der Waals surface area contributed by atoms with Gasteiger partial charge in [-0.3, -0.25) is 0 Å². The van der Waals surface area contributed by atoms with Crippen LogP contribution < -0.4 is 0 Å². The second-order valence-corrected chi connectivity index (χ2v) is 5.21. The molecule has 3 rings (SSSR count). The summed E-state index contributed by atoms with van der Waals surface area (Å²) in [5, 5.41) is 4.22. The van der Waals surface area contributed by atoms with Crippen molar-refractivity contribution in [3.63, 3.8) is 0 Å². The fourth-order valence-electron chi connectivity index (χ4n) is 2.24. The van der Waals surface area contributed by atoms with Gasteiger partial charge in [-0.1, -0.05) is 42.5 Å². The highest BCUT2D eigenvalue weighted by Crippen LogP contribution is 2.30. The van der Waals surface area contributed by atoms with Crippen LogP contribution in [0, 0.1) is 6.92 Å². The first-order valence-corrected chi connectivity index (χ1v) is 6.99. The third kappa shape index (κ3) is 2.47.